The van der Waals surface area contributed by atoms with E-state index in [9.17, 15) is 5.11 Å². The van der Waals surface area contributed by atoms with E-state index in [1.54, 1.807) is 0 Å². The van der Waals surface area contributed by atoms with Crippen molar-refractivity contribution in [1.29, 1.82) is 0 Å². The molecule has 2 rings (SSSR count). The molecule has 2 unspecified atom stereocenters. The summed E-state index contributed by atoms with van der Waals surface area (Å²) in [6.07, 6.45) is 9.83. The zero-order valence-corrected chi connectivity index (χ0v) is 9.87. The topological polar surface area (TPSA) is 29.5 Å². The van der Waals surface area contributed by atoms with Crippen molar-refractivity contribution in [2.24, 2.45) is 5.92 Å². The van der Waals surface area contributed by atoms with Crippen LogP contribution in [0.3, 0.4) is 0 Å². The zero-order chi connectivity index (χ0) is 10.7. The highest BCUT2D eigenvalue weighted by molar-refractivity contribution is 4.84. The first-order chi connectivity index (χ1) is 7.16. The van der Waals surface area contributed by atoms with Crippen molar-refractivity contribution < 1.29 is 9.84 Å². The third-order valence-corrected chi connectivity index (χ3v) is 3.69. The third-order valence-electron chi connectivity index (χ3n) is 3.69. The van der Waals surface area contributed by atoms with Crippen LogP contribution in [0.5, 0.6) is 0 Å². The molecule has 0 aromatic rings. The van der Waals surface area contributed by atoms with E-state index < -0.39 is 5.60 Å². The second-order valence-electron chi connectivity index (χ2n) is 5.67. The van der Waals surface area contributed by atoms with Crippen molar-refractivity contribution in [2.45, 2.75) is 70.0 Å². The van der Waals surface area contributed by atoms with E-state index in [-0.39, 0.29) is 0 Å². The molecule has 0 spiro atoms. The van der Waals surface area contributed by atoms with Crippen LogP contribution in [-0.2, 0) is 4.74 Å². The predicted octanol–water partition coefficient (Wildman–Crippen LogP) is 2.89. The van der Waals surface area contributed by atoms with Gasteiger partial charge in [0.25, 0.3) is 0 Å². The van der Waals surface area contributed by atoms with Crippen LogP contribution < -0.4 is 0 Å². The summed E-state index contributed by atoms with van der Waals surface area (Å²) in [6.45, 7) is 2.95. The smallest absolute Gasteiger partial charge is 0.0622 e. The Labute approximate surface area is 93.0 Å². The average molecular weight is 212 g/mol. The van der Waals surface area contributed by atoms with Gasteiger partial charge in [-0.15, -0.1) is 0 Å². The summed E-state index contributed by atoms with van der Waals surface area (Å²) in [5, 5.41) is 10.2. The lowest BCUT2D eigenvalue weighted by Crippen LogP contribution is -2.25. The van der Waals surface area contributed by atoms with Gasteiger partial charge in [0.05, 0.1) is 11.7 Å². The second kappa shape index (κ2) is 4.84. The van der Waals surface area contributed by atoms with Crippen molar-refractivity contribution >= 4 is 0 Å². The molecule has 0 amide bonds. The highest BCUT2D eigenvalue weighted by Gasteiger charge is 2.31. The molecule has 1 aliphatic heterocycles. The Morgan fingerprint density at radius 3 is 2.73 bits per heavy atom. The van der Waals surface area contributed by atoms with Gasteiger partial charge in [-0.1, -0.05) is 12.8 Å². The zero-order valence-electron chi connectivity index (χ0n) is 9.87. The minimum atomic E-state index is -0.417. The first-order valence-corrected chi connectivity index (χ1v) is 6.50. The summed E-state index contributed by atoms with van der Waals surface area (Å²) in [6, 6.07) is 0. The molecule has 88 valence electrons. The number of rotatable bonds is 6. The molecule has 0 radical (unpaired) electrons. The van der Waals surface area contributed by atoms with Crippen LogP contribution in [0.15, 0.2) is 0 Å². The second-order valence-corrected chi connectivity index (χ2v) is 5.67. The molecule has 0 aromatic heterocycles. The molecule has 1 heterocycles. The number of hydrogen-bond acceptors (Lipinski definition) is 2. The lowest BCUT2D eigenvalue weighted by Gasteiger charge is -2.23. The van der Waals surface area contributed by atoms with Crippen LogP contribution in [0.4, 0.5) is 0 Å². The van der Waals surface area contributed by atoms with Gasteiger partial charge in [0.15, 0.2) is 0 Å². The van der Waals surface area contributed by atoms with Gasteiger partial charge in [0.1, 0.15) is 0 Å². The molecule has 2 heteroatoms. The fraction of sp³-hybridized carbons (Fsp3) is 1.00. The normalized spacial score (nSPS) is 30.4. The molecule has 2 nitrogen and oxygen atoms in total. The fourth-order valence-electron chi connectivity index (χ4n) is 2.63. The summed E-state index contributed by atoms with van der Waals surface area (Å²) in [7, 11) is 0. The van der Waals surface area contributed by atoms with Crippen LogP contribution in [-0.4, -0.2) is 23.4 Å². The van der Waals surface area contributed by atoms with Gasteiger partial charge in [-0.05, 0) is 51.4 Å². The summed E-state index contributed by atoms with van der Waals surface area (Å²) >= 11 is 0. The first-order valence-electron chi connectivity index (χ1n) is 6.50. The first kappa shape index (κ1) is 11.4. The van der Waals surface area contributed by atoms with Crippen molar-refractivity contribution in [2.75, 3.05) is 6.61 Å². The molecule has 1 saturated heterocycles. The number of aliphatic hydroxyl groups is 1. The van der Waals surface area contributed by atoms with E-state index in [0.29, 0.717) is 6.10 Å². The maximum atomic E-state index is 10.2. The van der Waals surface area contributed by atoms with Crippen LogP contribution in [0.1, 0.15) is 58.3 Å². The van der Waals surface area contributed by atoms with Crippen molar-refractivity contribution in [3.8, 4) is 0 Å². The maximum absolute atomic E-state index is 10.2. The monoisotopic (exact) mass is 212 g/mol. The standard InChI is InChI=1S/C13H24O2/c1-13(14,10-11-6-7-11)8-2-4-12-5-3-9-15-12/h11-12,14H,2-10H2,1H3. The molecule has 0 aromatic carbocycles. The average Bonchev–Trinajstić information content (AvgIpc) is 2.81. The van der Waals surface area contributed by atoms with E-state index in [2.05, 4.69) is 0 Å². The van der Waals surface area contributed by atoms with Crippen molar-refractivity contribution in [1.82, 2.24) is 0 Å². The maximum Gasteiger partial charge on any atom is 0.0622 e. The molecule has 0 bridgehead atoms. The number of ether oxygens (including phenoxy) is 1. The van der Waals surface area contributed by atoms with Crippen molar-refractivity contribution in [3.63, 3.8) is 0 Å². The van der Waals surface area contributed by atoms with Gasteiger partial charge < -0.3 is 9.84 Å². The van der Waals surface area contributed by atoms with Crippen LogP contribution >= 0.6 is 0 Å². The number of hydrogen-bond donors (Lipinski definition) is 1. The lowest BCUT2D eigenvalue weighted by atomic mass is 9.92. The summed E-state index contributed by atoms with van der Waals surface area (Å²) in [5.41, 5.74) is -0.417. The van der Waals surface area contributed by atoms with E-state index in [0.717, 1.165) is 38.2 Å². The largest absolute Gasteiger partial charge is 0.390 e. The van der Waals surface area contributed by atoms with E-state index >= 15 is 0 Å². The third kappa shape index (κ3) is 4.12. The van der Waals surface area contributed by atoms with Crippen LogP contribution in [0.2, 0.25) is 0 Å². The molecular weight excluding hydrogens is 188 g/mol. The Balaban J connectivity index is 1.58. The highest BCUT2D eigenvalue weighted by atomic mass is 16.5. The van der Waals surface area contributed by atoms with Gasteiger partial charge in [0.2, 0.25) is 0 Å². The van der Waals surface area contributed by atoms with Gasteiger partial charge >= 0.3 is 0 Å². The summed E-state index contributed by atoms with van der Waals surface area (Å²) in [5.74, 6) is 0.822. The molecule has 1 aliphatic carbocycles. The molecule has 1 N–H and O–H groups in total. The van der Waals surface area contributed by atoms with Crippen molar-refractivity contribution in [3.05, 3.63) is 0 Å². The molecule has 1 saturated carbocycles. The minimum absolute atomic E-state index is 0.417. The Kier molecular flexibility index (Phi) is 3.68. The quantitative estimate of drug-likeness (QED) is 0.733. The molecule has 2 aliphatic rings. The van der Waals surface area contributed by atoms with Gasteiger partial charge in [-0.3, -0.25) is 0 Å². The Morgan fingerprint density at radius 1 is 1.33 bits per heavy atom. The Hall–Kier alpha value is -0.0800. The molecular formula is C13H24O2. The van der Waals surface area contributed by atoms with E-state index in [1.807, 2.05) is 6.92 Å². The highest BCUT2D eigenvalue weighted by Crippen LogP contribution is 2.38. The van der Waals surface area contributed by atoms with E-state index in [4.69, 9.17) is 4.74 Å². The Bertz CT molecular complexity index is 191. The van der Waals surface area contributed by atoms with Crippen LogP contribution in [0, 0.1) is 5.92 Å². The van der Waals surface area contributed by atoms with Crippen LogP contribution in [0.25, 0.3) is 0 Å². The minimum Gasteiger partial charge on any atom is -0.390 e. The lowest BCUT2D eigenvalue weighted by molar-refractivity contribution is 0.0277. The molecule has 2 atom stereocenters. The van der Waals surface area contributed by atoms with Gasteiger partial charge in [-0.2, -0.15) is 0 Å². The Morgan fingerprint density at radius 2 is 2.13 bits per heavy atom. The van der Waals surface area contributed by atoms with Gasteiger partial charge in [-0.25, -0.2) is 0 Å². The molecule has 2 fully saturated rings. The predicted molar refractivity (Wildman–Crippen MR) is 60.8 cm³/mol. The molecule has 15 heavy (non-hydrogen) atoms. The van der Waals surface area contributed by atoms with Gasteiger partial charge in [0, 0.05) is 6.61 Å². The SMILES string of the molecule is CC(O)(CCCC1CCCO1)CC1CC1. The van der Waals surface area contributed by atoms with E-state index in [1.165, 1.54) is 25.7 Å². The summed E-state index contributed by atoms with van der Waals surface area (Å²) < 4.78 is 5.58. The fourth-order valence-corrected chi connectivity index (χ4v) is 2.63. The summed E-state index contributed by atoms with van der Waals surface area (Å²) in [4.78, 5) is 0.